The molecule has 0 radical (unpaired) electrons. The lowest BCUT2D eigenvalue weighted by atomic mass is 10.2. The first-order chi connectivity index (χ1) is 12.5. The molecule has 0 unspecified atom stereocenters. The summed E-state index contributed by atoms with van der Waals surface area (Å²) in [6.45, 7) is 0.278. The Bertz CT molecular complexity index is 898. The van der Waals surface area contributed by atoms with Crippen molar-refractivity contribution in [2.75, 3.05) is 5.32 Å². The van der Waals surface area contributed by atoms with E-state index in [9.17, 15) is 9.18 Å². The number of nitrogens with one attached hydrogen (secondary N) is 1. The fourth-order valence-corrected chi connectivity index (χ4v) is 2.90. The Morgan fingerprint density at radius 1 is 1.23 bits per heavy atom. The molecule has 0 saturated carbocycles. The Morgan fingerprint density at radius 3 is 2.73 bits per heavy atom. The third kappa shape index (κ3) is 4.62. The molecule has 0 atom stereocenters. The van der Waals surface area contributed by atoms with Crippen molar-refractivity contribution in [2.45, 2.75) is 13.2 Å². The molecule has 0 spiro atoms. The SMILES string of the molecule is O=C(Nc1nn(Cc2c(F)cccc2Cl)cc1Br)OCc1ccccc1. The van der Waals surface area contributed by atoms with Crippen molar-refractivity contribution in [2.24, 2.45) is 0 Å². The summed E-state index contributed by atoms with van der Waals surface area (Å²) < 4.78 is 21.1. The molecule has 1 amide bonds. The van der Waals surface area contributed by atoms with Crippen LogP contribution in [-0.4, -0.2) is 15.9 Å². The maximum Gasteiger partial charge on any atom is 0.413 e. The van der Waals surface area contributed by atoms with E-state index in [1.54, 1.807) is 12.3 Å². The number of ether oxygens (including phenoxy) is 1. The predicted molar refractivity (Wildman–Crippen MR) is 101 cm³/mol. The summed E-state index contributed by atoms with van der Waals surface area (Å²) in [7, 11) is 0. The Kier molecular flexibility index (Phi) is 5.90. The lowest BCUT2D eigenvalue weighted by Gasteiger charge is -2.06. The van der Waals surface area contributed by atoms with Gasteiger partial charge in [0.1, 0.15) is 12.4 Å². The molecule has 0 fully saturated rings. The highest BCUT2D eigenvalue weighted by Gasteiger charge is 2.14. The van der Waals surface area contributed by atoms with Crippen LogP contribution in [0, 0.1) is 5.82 Å². The summed E-state index contributed by atoms with van der Waals surface area (Å²) in [5.74, 6) is -0.142. The Labute approximate surface area is 162 Å². The average Bonchev–Trinajstić information content (AvgIpc) is 2.97. The molecule has 5 nitrogen and oxygen atoms in total. The van der Waals surface area contributed by atoms with Crippen LogP contribution in [0.25, 0.3) is 0 Å². The van der Waals surface area contributed by atoms with Gasteiger partial charge < -0.3 is 4.74 Å². The second-order valence-corrected chi connectivity index (χ2v) is 6.67. The molecule has 26 heavy (non-hydrogen) atoms. The molecule has 0 aliphatic carbocycles. The van der Waals surface area contributed by atoms with Crippen LogP contribution >= 0.6 is 27.5 Å². The number of carbonyl (C=O) groups excluding carboxylic acids is 1. The van der Waals surface area contributed by atoms with Crippen LogP contribution in [0.5, 0.6) is 0 Å². The number of anilines is 1. The molecule has 1 aromatic heterocycles. The van der Waals surface area contributed by atoms with Crippen LogP contribution in [0.4, 0.5) is 15.0 Å². The van der Waals surface area contributed by atoms with E-state index in [0.29, 0.717) is 15.1 Å². The van der Waals surface area contributed by atoms with Crippen LogP contribution in [-0.2, 0) is 17.9 Å². The van der Waals surface area contributed by atoms with Crippen LogP contribution in [0.3, 0.4) is 0 Å². The van der Waals surface area contributed by atoms with Crippen molar-refractivity contribution in [1.82, 2.24) is 9.78 Å². The van der Waals surface area contributed by atoms with Gasteiger partial charge in [-0.3, -0.25) is 10.00 Å². The third-order valence-corrected chi connectivity index (χ3v) is 4.47. The second kappa shape index (κ2) is 8.33. The van der Waals surface area contributed by atoms with Crippen molar-refractivity contribution < 1.29 is 13.9 Å². The number of benzene rings is 2. The minimum Gasteiger partial charge on any atom is -0.444 e. The minimum atomic E-state index is -0.635. The maximum atomic E-state index is 13.9. The smallest absolute Gasteiger partial charge is 0.413 e. The number of carbonyl (C=O) groups is 1. The van der Waals surface area contributed by atoms with E-state index in [1.165, 1.54) is 16.8 Å². The molecule has 3 rings (SSSR count). The lowest BCUT2D eigenvalue weighted by molar-refractivity contribution is 0.155. The van der Waals surface area contributed by atoms with E-state index in [-0.39, 0.29) is 19.0 Å². The molecule has 134 valence electrons. The largest absolute Gasteiger partial charge is 0.444 e. The quantitative estimate of drug-likeness (QED) is 0.593. The normalized spacial score (nSPS) is 10.6. The van der Waals surface area contributed by atoms with Gasteiger partial charge in [-0.25, -0.2) is 9.18 Å². The van der Waals surface area contributed by atoms with Gasteiger partial charge in [-0.1, -0.05) is 48.0 Å². The summed E-state index contributed by atoms with van der Waals surface area (Å²) in [6, 6.07) is 13.8. The zero-order valence-electron chi connectivity index (χ0n) is 13.5. The second-order valence-electron chi connectivity index (χ2n) is 5.41. The lowest BCUT2D eigenvalue weighted by Crippen LogP contribution is -2.14. The highest BCUT2D eigenvalue weighted by atomic mass is 79.9. The zero-order chi connectivity index (χ0) is 18.5. The van der Waals surface area contributed by atoms with Gasteiger partial charge in [-0.05, 0) is 33.6 Å². The van der Waals surface area contributed by atoms with Crippen molar-refractivity contribution in [3.63, 3.8) is 0 Å². The highest BCUT2D eigenvalue weighted by Crippen LogP contribution is 2.24. The average molecular weight is 439 g/mol. The van der Waals surface area contributed by atoms with Gasteiger partial charge in [0.2, 0.25) is 0 Å². The van der Waals surface area contributed by atoms with Gasteiger partial charge in [-0.2, -0.15) is 5.10 Å². The molecular formula is C18H14BrClFN3O2. The van der Waals surface area contributed by atoms with Gasteiger partial charge in [-0.15, -0.1) is 0 Å². The predicted octanol–water partition coefficient (Wildman–Crippen LogP) is 5.24. The molecule has 1 heterocycles. The summed E-state index contributed by atoms with van der Waals surface area (Å²) in [5, 5.41) is 7.08. The van der Waals surface area contributed by atoms with Crippen LogP contribution in [0.2, 0.25) is 5.02 Å². The van der Waals surface area contributed by atoms with E-state index < -0.39 is 11.9 Å². The van der Waals surface area contributed by atoms with Gasteiger partial charge >= 0.3 is 6.09 Å². The molecule has 0 saturated heterocycles. The molecule has 0 aliphatic heterocycles. The van der Waals surface area contributed by atoms with E-state index in [2.05, 4.69) is 26.3 Å². The fraction of sp³-hybridized carbons (Fsp3) is 0.111. The molecule has 1 N–H and O–H groups in total. The Balaban J connectivity index is 1.63. The monoisotopic (exact) mass is 437 g/mol. The number of aromatic nitrogens is 2. The van der Waals surface area contributed by atoms with E-state index in [4.69, 9.17) is 16.3 Å². The number of hydrogen-bond acceptors (Lipinski definition) is 3. The third-order valence-electron chi connectivity index (χ3n) is 3.53. The number of amides is 1. The van der Waals surface area contributed by atoms with Crippen LogP contribution in [0.15, 0.2) is 59.2 Å². The zero-order valence-corrected chi connectivity index (χ0v) is 15.8. The van der Waals surface area contributed by atoms with Gasteiger partial charge in [0.15, 0.2) is 5.82 Å². The first-order valence-electron chi connectivity index (χ1n) is 7.66. The van der Waals surface area contributed by atoms with Crippen LogP contribution < -0.4 is 5.32 Å². The van der Waals surface area contributed by atoms with Crippen molar-refractivity contribution >= 4 is 39.4 Å². The summed E-state index contributed by atoms with van der Waals surface area (Å²) in [5.41, 5.74) is 1.20. The molecule has 2 aromatic carbocycles. The summed E-state index contributed by atoms with van der Waals surface area (Å²) in [4.78, 5) is 11.9. The number of halogens is 3. The number of hydrogen-bond donors (Lipinski definition) is 1. The molecule has 0 bridgehead atoms. The standard InChI is InChI=1S/C18H14BrClFN3O2/c19-14-10-24(9-13-15(20)7-4-8-16(13)21)23-17(14)22-18(25)26-11-12-5-2-1-3-6-12/h1-8,10H,9,11H2,(H,22,23,25). The minimum absolute atomic E-state index is 0.130. The van der Waals surface area contributed by atoms with E-state index in [0.717, 1.165) is 5.56 Å². The maximum absolute atomic E-state index is 13.9. The molecule has 8 heteroatoms. The topological polar surface area (TPSA) is 56.2 Å². The van der Waals surface area contributed by atoms with E-state index in [1.807, 2.05) is 30.3 Å². The molecule has 3 aromatic rings. The van der Waals surface area contributed by atoms with Crippen molar-refractivity contribution in [1.29, 1.82) is 0 Å². The Morgan fingerprint density at radius 2 is 2.00 bits per heavy atom. The van der Waals surface area contributed by atoms with Gasteiger partial charge in [0.25, 0.3) is 0 Å². The number of nitrogens with zero attached hydrogens (tertiary/aromatic N) is 2. The number of rotatable bonds is 5. The molecule has 0 aliphatic rings. The first kappa shape index (κ1) is 18.4. The highest BCUT2D eigenvalue weighted by molar-refractivity contribution is 9.10. The van der Waals surface area contributed by atoms with Crippen LogP contribution in [0.1, 0.15) is 11.1 Å². The van der Waals surface area contributed by atoms with Crippen molar-refractivity contribution in [3.8, 4) is 0 Å². The Hall–Kier alpha value is -2.38. The van der Waals surface area contributed by atoms with Gasteiger partial charge in [0, 0.05) is 16.8 Å². The van der Waals surface area contributed by atoms with Crippen molar-refractivity contribution in [3.05, 3.63) is 81.2 Å². The van der Waals surface area contributed by atoms with E-state index >= 15 is 0 Å². The summed E-state index contributed by atoms with van der Waals surface area (Å²) in [6.07, 6.45) is 0.985. The van der Waals surface area contributed by atoms with Gasteiger partial charge in [0.05, 0.1) is 11.0 Å². The first-order valence-corrected chi connectivity index (χ1v) is 8.83. The fourth-order valence-electron chi connectivity index (χ4n) is 2.26. The summed E-state index contributed by atoms with van der Waals surface area (Å²) >= 11 is 9.34. The molecular weight excluding hydrogens is 425 g/mol.